The summed E-state index contributed by atoms with van der Waals surface area (Å²) in [6, 6.07) is 14.1. The SMILES string of the molecule is CCOC(=O)/N=[SH](=O)/c1ccc(Nc2ncc(C#Cc3ccccc3C)c(N[C@H](C)CO)n2)cc1. The van der Waals surface area contributed by atoms with Crippen molar-refractivity contribution in [2.45, 2.75) is 31.7 Å². The summed E-state index contributed by atoms with van der Waals surface area (Å²) in [6.45, 7) is 5.56. The highest BCUT2D eigenvalue weighted by Crippen LogP contribution is 2.19. The molecule has 35 heavy (non-hydrogen) atoms. The second-order valence-corrected chi connectivity index (χ2v) is 8.75. The average Bonchev–Trinajstić information content (AvgIpc) is 2.85. The van der Waals surface area contributed by atoms with E-state index in [2.05, 4.69) is 36.8 Å². The Balaban J connectivity index is 1.83. The fourth-order valence-electron chi connectivity index (χ4n) is 2.86. The lowest BCUT2D eigenvalue weighted by molar-refractivity contribution is 0.164. The van der Waals surface area contributed by atoms with Crippen LogP contribution in [0, 0.1) is 18.8 Å². The van der Waals surface area contributed by atoms with Gasteiger partial charge in [0.15, 0.2) is 0 Å². The Morgan fingerprint density at radius 2 is 1.89 bits per heavy atom. The molecule has 1 amide bonds. The number of rotatable bonds is 7. The van der Waals surface area contributed by atoms with Gasteiger partial charge in [-0.25, -0.2) is 14.0 Å². The molecule has 0 aliphatic rings. The number of aliphatic hydroxyl groups is 1. The quantitative estimate of drug-likeness (QED) is 0.288. The van der Waals surface area contributed by atoms with Crippen molar-refractivity contribution >= 4 is 34.1 Å². The summed E-state index contributed by atoms with van der Waals surface area (Å²) in [5.74, 6) is 7.05. The van der Waals surface area contributed by atoms with Gasteiger partial charge in [0.1, 0.15) is 5.82 Å². The van der Waals surface area contributed by atoms with Gasteiger partial charge in [-0.15, -0.1) is 4.36 Å². The maximum Gasteiger partial charge on any atom is 0.441 e. The van der Waals surface area contributed by atoms with E-state index in [1.165, 1.54) is 0 Å². The number of hydrogen-bond acceptors (Lipinski definition) is 8. The number of carbonyl (C=O) groups is 1. The van der Waals surface area contributed by atoms with Crippen molar-refractivity contribution in [2.75, 3.05) is 23.8 Å². The van der Waals surface area contributed by atoms with Gasteiger partial charge in [0.05, 0.1) is 35.6 Å². The van der Waals surface area contributed by atoms with Crippen LogP contribution in [0.5, 0.6) is 0 Å². The fourth-order valence-corrected chi connectivity index (χ4v) is 3.58. The van der Waals surface area contributed by atoms with E-state index in [0.717, 1.165) is 11.1 Å². The molecule has 3 N–H and O–H groups in total. The van der Waals surface area contributed by atoms with Crippen molar-refractivity contribution in [3.8, 4) is 11.8 Å². The maximum absolute atomic E-state index is 12.2. The number of nitrogens with one attached hydrogen (secondary N) is 2. The lowest BCUT2D eigenvalue weighted by Crippen LogP contribution is -2.21. The van der Waals surface area contributed by atoms with Crippen molar-refractivity contribution in [1.29, 1.82) is 0 Å². The van der Waals surface area contributed by atoms with Gasteiger partial charge in [-0.2, -0.15) is 4.98 Å². The average molecular weight is 494 g/mol. The van der Waals surface area contributed by atoms with E-state index >= 15 is 0 Å². The summed E-state index contributed by atoms with van der Waals surface area (Å²) in [6.07, 6.45) is 0.753. The molecule has 10 heteroatoms. The fraction of sp³-hybridized carbons (Fsp3) is 0.240. The van der Waals surface area contributed by atoms with Gasteiger partial charge in [0.2, 0.25) is 5.95 Å². The number of thiol groups is 1. The van der Waals surface area contributed by atoms with Gasteiger partial charge >= 0.3 is 6.09 Å². The van der Waals surface area contributed by atoms with E-state index in [4.69, 9.17) is 4.74 Å². The van der Waals surface area contributed by atoms with Gasteiger partial charge < -0.3 is 20.5 Å². The van der Waals surface area contributed by atoms with Crippen LogP contribution in [-0.2, 0) is 15.3 Å². The molecule has 1 aromatic heterocycles. The summed E-state index contributed by atoms with van der Waals surface area (Å²) in [7, 11) is -2.25. The molecule has 0 saturated heterocycles. The summed E-state index contributed by atoms with van der Waals surface area (Å²) in [4.78, 5) is 20.7. The van der Waals surface area contributed by atoms with Crippen LogP contribution in [0.15, 0.2) is 64.0 Å². The maximum atomic E-state index is 12.2. The Bertz CT molecular complexity index is 1330. The molecular formula is C25H27N5O4S. The largest absolute Gasteiger partial charge is 0.448 e. The van der Waals surface area contributed by atoms with Crippen LogP contribution in [0.1, 0.15) is 30.5 Å². The zero-order chi connectivity index (χ0) is 25.2. The number of aryl methyl sites for hydroxylation is 1. The number of hydrogen-bond donors (Lipinski definition) is 4. The molecule has 9 nitrogen and oxygen atoms in total. The molecule has 2 aromatic carbocycles. The minimum atomic E-state index is -2.25. The van der Waals surface area contributed by atoms with Crippen molar-refractivity contribution in [2.24, 2.45) is 4.36 Å². The van der Waals surface area contributed by atoms with Gasteiger partial charge in [0.25, 0.3) is 0 Å². The molecule has 3 rings (SSSR count). The van der Waals surface area contributed by atoms with E-state index < -0.39 is 16.7 Å². The number of anilines is 3. The molecule has 0 saturated carbocycles. The monoisotopic (exact) mass is 493 g/mol. The van der Waals surface area contributed by atoms with Crippen molar-refractivity contribution < 1.29 is 18.8 Å². The van der Waals surface area contributed by atoms with Gasteiger partial charge in [-0.1, -0.05) is 30.0 Å². The minimum absolute atomic E-state index is 0.0755. The standard InChI is InChI=1S/C25H27N5O4S/c1-4-34-25(32)30-35(33)22-13-11-21(12-14-22)28-24-26-15-20(23(29-24)27-18(3)16-31)10-9-19-8-6-5-7-17(19)2/h5-8,11-15,18,31,35H,4,16H2,1-3H3,(H2,26,27,28,29)/t18-/m1/s1. The number of aromatic nitrogens is 2. The first-order valence-corrected chi connectivity index (χ1v) is 12.2. The Kier molecular flexibility index (Phi) is 9.17. The third-order valence-corrected chi connectivity index (χ3v) is 5.79. The predicted molar refractivity (Wildman–Crippen MR) is 136 cm³/mol. The second kappa shape index (κ2) is 12.5. The molecule has 1 unspecified atom stereocenters. The number of carbonyl (C=O) groups excluding carboxylic acids is 1. The lowest BCUT2D eigenvalue weighted by atomic mass is 10.1. The lowest BCUT2D eigenvalue weighted by Gasteiger charge is -2.14. The van der Waals surface area contributed by atoms with Crippen LogP contribution >= 0.6 is 0 Å². The molecular weight excluding hydrogens is 466 g/mol. The topological polar surface area (TPSA) is 126 Å². The molecule has 3 aromatic rings. The zero-order valence-corrected chi connectivity index (χ0v) is 20.5. The highest BCUT2D eigenvalue weighted by Gasteiger charge is 2.10. The molecule has 0 radical (unpaired) electrons. The molecule has 0 aliphatic heterocycles. The normalized spacial score (nSPS) is 12.2. The van der Waals surface area contributed by atoms with Gasteiger partial charge in [0, 0.05) is 22.2 Å². The van der Waals surface area contributed by atoms with E-state index in [1.807, 2.05) is 38.1 Å². The third-order valence-electron chi connectivity index (χ3n) is 4.71. The summed E-state index contributed by atoms with van der Waals surface area (Å²) in [5, 5.41) is 15.7. The Hall–Kier alpha value is -3.94. The van der Waals surface area contributed by atoms with Crippen LogP contribution < -0.4 is 10.6 Å². The number of aliphatic hydroxyl groups excluding tert-OH is 1. The molecule has 0 spiro atoms. The third kappa shape index (κ3) is 7.53. The van der Waals surface area contributed by atoms with E-state index in [-0.39, 0.29) is 19.3 Å². The van der Waals surface area contributed by atoms with Crippen LogP contribution in [0.4, 0.5) is 22.2 Å². The number of nitrogens with zero attached hydrogens (tertiary/aromatic N) is 3. The Labute approximate surface area is 206 Å². The van der Waals surface area contributed by atoms with E-state index in [1.54, 1.807) is 37.4 Å². The van der Waals surface area contributed by atoms with Crippen molar-refractivity contribution in [3.63, 3.8) is 0 Å². The molecule has 0 bridgehead atoms. The van der Waals surface area contributed by atoms with E-state index in [0.29, 0.717) is 27.9 Å². The number of ether oxygens (including phenoxy) is 1. The number of benzene rings is 2. The molecule has 0 fully saturated rings. The highest BCUT2D eigenvalue weighted by molar-refractivity contribution is 7.75. The predicted octanol–water partition coefficient (Wildman–Crippen LogP) is 3.90. The first-order valence-electron chi connectivity index (χ1n) is 10.9. The first kappa shape index (κ1) is 25.7. The van der Waals surface area contributed by atoms with Crippen molar-refractivity contribution in [3.05, 3.63) is 71.4 Å². The van der Waals surface area contributed by atoms with Crippen molar-refractivity contribution in [1.82, 2.24) is 9.97 Å². The van der Waals surface area contributed by atoms with Crippen LogP contribution in [0.2, 0.25) is 0 Å². The Morgan fingerprint density at radius 1 is 1.17 bits per heavy atom. The highest BCUT2D eigenvalue weighted by atomic mass is 32.2. The van der Waals surface area contributed by atoms with Crippen LogP contribution in [-0.4, -0.2) is 44.6 Å². The minimum Gasteiger partial charge on any atom is -0.448 e. The Morgan fingerprint density at radius 3 is 2.57 bits per heavy atom. The van der Waals surface area contributed by atoms with Crippen LogP contribution in [0.25, 0.3) is 0 Å². The smallest absolute Gasteiger partial charge is 0.441 e. The molecule has 1 heterocycles. The molecule has 2 atom stereocenters. The summed E-state index contributed by atoms with van der Waals surface area (Å²) >= 11 is 0. The van der Waals surface area contributed by atoms with E-state index in [9.17, 15) is 14.1 Å². The summed E-state index contributed by atoms with van der Waals surface area (Å²) in [5.41, 5.74) is 3.21. The summed E-state index contributed by atoms with van der Waals surface area (Å²) < 4.78 is 20.4. The van der Waals surface area contributed by atoms with Gasteiger partial charge in [-0.3, -0.25) is 0 Å². The van der Waals surface area contributed by atoms with Crippen LogP contribution in [0.3, 0.4) is 0 Å². The first-order chi connectivity index (χ1) is 16.9. The van der Waals surface area contributed by atoms with Gasteiger partial charge in [-0.05, 0) is 56.7 Å². The second-order valence-electron chi connectivity index (χ2n) is 7.49. The molecule has 0 aliphatic carbocycles. The number of amides is 1. The molecule has 182 valence electrons. The zero-order valence-electron chi connectivity index (χ0n) is 19.6.